The molecule has 1 aromatic rings. The minimum absolute atomic E-state index is 0.0133. The van der Waals surface area contributed by atoms with Crippen molar-refractivity contribution in [1.82, 2.24) is 10.6 Å². The van der Waals surface area contributed by atoms with Crippen LogP contribution in [0.1, 0.15) is 38.3 Å². The summed E-state index contributed by atoms with van der Waals surface area (Å²) in [6.45, 7) is 3.66. The molecule has 98 valence electrons. The highest BCUT2D eigenvalue weighted by Crippen LogP contribution is 2.19. The number of benzene rings is 1. The van der Waals surface area contributed by atoms with E-state index >= 15 is 0 Å². The lowest BCUT2D eigenvalue weighted by atomic mass is 10.1. The first-order chi connectivity index (χ1) is 8.58. The maximum Gasteiger partial charge on any atom is 0.237 e. The second kappa shape index (κ2) is 5.48. The highest BCUT2D eigenvalue weighted by atomic mass is 19.1. The average molecular weight is 250 g/mol. The molecule has 1 aromatic carbocycles. The zero-order valence-corrected chi connectivity index (χ0v) is 10.7. The Morgan fingerprint density at radius 2 is 2.00 bits per heavy atom. The van der Waals surface area contributed by atoms with Gasteiger partial charge in [-0.3, -0.25) is 10.1 Å². The fourth-order valence-electron chi connectivity index (χ4n) is 1.92. The minimum Gasteiger partial charge on any atom is -0.352 e. The van der Waals surface area contributed by atoms with Crippen LogP contribution >= 0.6 is 0 Å². The van der Waals surface area contributed by atoms with E-state index in [1.807, 2.05) is 6.92 Å². The van der Waals surface area contributed by atoms with Crippen molar-refractivity contribution in [2.24, 2.45) is 0 Å². The maximum atomic E-state index is 13.6. The van der Waals surface area contributed by atoms with Gasteiger partial charge in [0.15, 0.2) is 0 Å². The summed E-state index contributed by atoms with van der Waals surface area (Å²) >= 11 is 0. The van der Waals surface area contributed by atoms with Gasteiger partial charge in [-0.1, -0.05) is 18.2 Å². The summed E-state index contributed by atoms with van der Waals surface area (Å²) < 4.78 is 13.6. The molecule has 0 saturated heterocycles. The number of nitrogens with one attached hydrogen (secondary N) is 2. The standard InChI is InChI=1S/C14H19FN2O/c1-9(12-5-3-4-6-13(12)15)16-10(2)14(18)17-11-7-8-11/h3-6,9-11,16H,7-8H2,1-2H3,(H,17,18)/t9-,10?/m1/s1. The van der Waals surface area contributed by atoms with E-state index in [0.29, 0.717) is 11.6 Å². The Bertz CT molecular complexity index is 432. The lowest BCUT2D eigenvalue weighted by Crippen LogP contribution is -2.44. The van der Waals surface area contributed by atoms with Gasteiger partial charge in [0.05, 0.1) is 6.04 Å². The molecule has 1 unspecified atom stereocenters. The molecule has 4 heteroatoms. The Kier molecular flexibility index (Phi) is 3.97. The summed E-state index contributed by atoms with van der Waals surface area (Å²) in [5.41, 5.74) is 0.587. The van der Waals surface area contributed by atoms with Gasteiger partial charge >= 0.3 is 0 Å². The van der Waals surface area contributed by atoms with Crippen molar-refractivity contribution in [2.75, 3.05) is 0 Å². The molecule has 1 aliphatic rings. The highest BCUT2D eigenvalue weighted by molar-refractivity contribution is 5.81. The lowest BCUT2D eigenvalue weighted by Gasteiger charge is -2.20. The smallest absolute Gasteiger partial charge is 0.237 e. The Hall–Kier alpha value is -1.42. The Morgan fingerprint density at radius 1 is 1.33 bits per heavy atom. The average Bonchev–Trinajstić information content (AvgIpc) is 3.13. The van der Waals surface area contributed by atoms with E-state index in [2.05, 4.69) is 10.6 Å². The molecule has 1 aliphatic carbocycles. The lowest BCUT2D eigenvalue weighted by molar-refractivity contribution is -0.123. The van der Waals surface area contributed by atoms with Crippen LogP contribution in [0.2, 0.25) is 0 Å². The maximum absolute atomic E-state index is 13.6. The summed E-state index contributed by atoms with van der Waals surface area (Å²) in [6.07, 6.45) is 2.14. The van der Waals surface area contributed by atoms with Crippen molar-refractivity contribution in [2.45, 2.75) is 44.8 Å². The topological polar surface area (TPSA) is 41.1 Å². The SMILES string of the molecule is CC(N[C@H](C)c1ccccc1F)C(=O)NC1CC1. The van der Waals surface area contributed by atoms with Crippen LogP contribution in [0.4, 0.5) is 4.39 Å². The van der Waals surface area contributed by atoms with Crippen LogP contribution in [0.3, 0.4) is 0 Å². The predicted octanol–water partition coefficient (Wildman–Crippen LogP) is 2.14. The van der Waals surface area contributed by atoms with Crippen molar-refractivity contribution in [3.63, 3.8) is 0 Å². The summed E-state index contributed by atoms with van der Waals surface area (Å²) in [6, 6.07) is 6.47. The molecule has 0 heterocycles. The number of halogens is 1. The predicted molar refractivity (Wildman–Crippen MR) is 68.6 cm³/mol. The highest BCUT2D eigenvalue weighted by Gasteiger charge is 2.26. The van der Waals surface area contributed by atoms with Crippen LogP contribution in [0.15, 0.2) is 24.3 Å². The van der Waals surface area contributed by atoms with E-state index in [9.17, 15) is 9.18 Å². The Morgan fingerprint density at radius 3 is 2.61 bits per heavy atom. The molecule has 0 aromatic heterocycles. The van der Waals surface area contributed by atoms with Gasteiger partial charge in [-0.05, 0) is 32.8 Å². The minimum atomic E-state index is -0.319. The quantitative estimate of drug-likeness (QED) is 0.840. The van der Waals surface area contributed by atoms with Gasteiger partial charge in [0.2, 0.25) is 5.91 Å². The van der Waals surface area contributed by atoms with Gasteiger partial charge in [-0.25, -0.2) is 4.39 Å². The second-order valence-corrected chi connectivity index (χ2v) is 4.91. The van der Waals surface area contributed by atoms with Gasteiger partial charge in [0.1, 0.15) is 5.82 Å². The van der Waals surface area contributed by atoms with E-state index in [4.69, 9.17) is 0 Å². The van der Waals surface area contributed by atoms with Crippen molar-refractivity contribution >= 4 is 5.91 Å². The summed E-state index contributed by atoms with van der Waals surface area (Å²) in [5, 5.41) is 6.05. The van der Waals surface area contributed by atoms with E-state index in [-0.39, 0.29) is 23.8 Å². The van der Waals surface area contributed by atoms with Crippen LogP contribution in [-0.2, 0) is 4.79 Å². The molecular formula is C14H19FN2O. The Balaban J connectivity index is 1.91. The monoisotopic (exact) mass is 250 g/mol. The summed E-state index contributed by atoms with van der Waals surface area (Å²) in [4.78, 5) is 11.8. The zero-order valence-electron chi connectivity index (χ0n) is 10.7. The molecule has 1 fully saturated rings. The molecule has 18 heavy (non-hydrogen) atoms. The van der Waals surface area contributed by atoms with Crippen LogP contribution in [0.25, 0.3) is 0 Å². The number of hydrogen-bond donors (Lipinski definition) is 2. The molecule has 0 spiro atoms. The first-order valence-corrected chi connectivity index (χ1v) is 6.39. The molecular weight excluding hydrogens is 231 g/mol. The van der Waals surface area contributed by atoms with Crippen molar-refractivity contribution in [3.05, 3.63) is 35.6 Å². The van der Waals surface area contributed by atoms with E-state index in [1.165, 1.54) is 6.07 Å². The Labute approximate surface area is 107 Å². The summed E-state index contributed by atoms with van der Waals surface area (Å²) in [5.74, 6) is -0.256. The normalized spacial score (nSPS) is 18.2. The van der Waals surface area contributed by atoms with Gasteiger partial charge in [0, 0.05) is 17.6 Å². The van der Waals surface area contributed by atoms with Crippen molar-refractivity contribution in [3.8, 4) is 0 Å². The third kappa shape index (κ3) is 3.29. The van der Waals surface area contributed by atoms with Crippen LogP contribution in [0, 0.1) is 5.82 Å². The molecule has 1 amide bonds. The fourth-order valence-corrected chi connectivity index (χ4v) is 1.92. The van der Waals surface area contributed by atoms with E-state index in [1.54, 1.807) is 25.1 Å². The first-order valence-electron chi connectivity index (χ1n) is 6.39. The summed E-state index contributed by atoms with van der Waals surface area (Å²) in [7, 11) is 0. The third-order valence-electron chi connectivity index (χ3n) is 3.19. The van der Waals surface area contributed by atoms with Gasteiger partial charge in [-0.2, -0.15) is 0 Å². The number of rotatable bonds is 5. The van der Waals surface area contributed by atoms with Crippen LogP contribution in [0.5, 0.6) is 0 Å². The molecule has 0 aliphatic heterocycles. The molecule has 1 saturated carbocycles. The van der Waals surface area contributed by atoms with Gasteiger partial charge in [0.25, 0.3) is 0 Å². The van der Waals surface area contributed by atoms with Crippen molar-refractivity contribution in [1.29, 1.82) is 0 Å². The van der Waals surface area contributed by atoms with Crippen molar-refractivity contribution < 1.29 is 9.18 Å². The van der Waals surface area contributed by atoms with Gasteiger partial charge < -0.3 is 5.32 Å². The molecule has 2 atom stereocenters. The van der Waals surface area contributed by atoms with Crippen LogP contribution < -0.4 is 10.6 Å². The zero-order chi connectivity index (χ0) is 13.1. The molecule has 3 nitrogen and oxygen atoms in total. The molecule has 2 N–H and O–H groups in total. The van der Waals surface area contributed by atoms with E-state index < -0.39 is 0 Å². The van der Waals surface area contributed by atoms with E-state index in [0.717, 1.165) is 12.8 Å². The molecule has 0 radical (unpaired) electrons. The molecule has 0 bridgehead atoms. The second-order valence-electron chi connectivity index (χ2n) is 4.91. The number of hydrogen-bond acceptors (Lipinski definition) is 2. The largest absolute Gasteiger partial charge is 0.352 e. The number of carbonyl (C=O) groups is 1. The van der Waals surface area contributed by atoms with Crippen LogP contribution in [-0.4, -0.2) is 18.0 Å². The fraction of sp³-hybridized carbons (Fsp3) is 0.500. The number of amides is 1. The van der Waals surface area contributed by atoms with Gasteiger partial charge in [-0.15, -0.1) is 0 Å². The molecule has 2 rings (SSSR count). The number of carbonyl (C=O) groups excluding carboxylic acids is 1. The first kappa shape index (κ1) is 13.0. The third-order valence-corrected chi connectivity index (χ3v) is 3.19.